The summed E-state index contributed by atoms with van der Waals surface area (Å²) in [7, 11) is 0. The molecule has 0 radical (unpaired) electrons. The van der Waals surface area contributed by atoms with Crippen LogP contribution in [-0.2, 0) is 11.3 Å². The summed E-state index contributed by atoms with van der Waals surface area (Å²) in [4.78, 5) is 15.5. The van der Waals surface area contributed by atoms with Gasteiger partial charge in [0.2, 0.25) is 5.91 Å². The molecule has 0 aromatic carbocycles. The lowest BCUT2D eigenvalue weighted by atomic mass is 10.2. The minimum Gasteiger partial charge on any atom is -0.394 e. The molecule has 0 fully saturated rings. The van der Waals surface area contributed by atoms with Gasteiger partial charge < -0.3 is 15.0 Å². The van der Waals surface area contributed by atoms with E-state index in [-0.39, 0.29) is 18.6 Å². The van der Waals surface area contributed by atoms with Crippen molar-refractivity contribution in [3.63, 3.8) is 0 Å². The van der Waals surface area contributed by atoms with Crippen LogP contribution >= 0.6 is 0 Å². The average Bonchev–Trinajstić information content (AvgIpc) is 2.64. The number of imidazole rings is 1. The summed E-state index contributed by atoms with van der Waals surface area (Å²) in [6.45, 7) is 4.49. The van der Waals surface area contributed by atoms with Crippen molar-refractivity contribution in [2.75, 3.05) is 6.61 Å². The minimum absolute atomic E-state index is 0.0145. The standard InChI is InChI=1S/C11H19N3O2/c1-9(8-15)13-11(16)4-3-6-14-7-5-12-10(14)2/h5,7,9,15H,3-4,6,8H2,1-2H3,(H,13,16). The predicted octanol–water partition coefficient (Wildman–Crippen LogP) is 0.469. The average molecular weight is 225 g/mol. The first kappa shape index (κ1) is 12.7. The van der Waals surface area contributed by atoms with E-state index in [1.807, 2.05) is 17.7 Å². The maximum atomic E-state index is 11.4. The van der Waals surface area contributed by atoms with Crippen molar-refractivity contribution in [3.8, 4) is 0 Å². The molecule has 1 atom stereocenters. The Kier molecular flexibility index (Phi) is 4.98. The number of aliphatic hydroxyl groups is 1. The van der Waals surface area contributed by atoms with Gasteiger partial charge in [0.15, 0.2) is 0 Å². The van der Waals surface area contributed by atoms with Crippen LogP contribution in [-0.4, -0.2) is 33.2 Å². The summed E-state index contributed by atoms with van der Waals surface area (Å²) in [5, 5.41) is 11.5. The Morgan fingerprint density at radius 3 is 3.00 bits per heavy atom. The molecule has 5 heteroatoms. The van der Waals surface area contributed by atoms with E-state index in [0.29, 0.717) is 6.42 Å². The molecule has 1 aromatic rings. The van der Waals surface area contributed by atoms with E-state index in [4.69, 9.17) is 5.11 Å². The second-order valence-electron chi connectivity index (χ2n) is 3.92. The molecule has 0 saturated heterocycles. The van der Waals surface area contributed by atoms with Crippen LogP contribution in [0.5, 0.6) is 0 Å². The normalized spacial score (nSPS) is 12.4. The summed E-state index contributed by atoms with van der Waals surface area (Å²) in [5.74, 6) is 0.948. The Bertz CT molecular complexity index is 336. The van der Waals surface area contributed by atoms with E-state index in [2.05, 4.69) is 10.3 Å². The molecule has 16 heavy (non-hydrogen) atoms. The molecule has 0 aliphatic carbocycles. The highest BCUT2D eigenvalue weighted by molar-refractivity contribution is 5.76. The van der Waals surface area contributed by atoms with E-state index < -0.39 is 0 Å². The summed E-state index contributed by atoms with van der Waals surface area (Å²) >= 11 is 0. The molecular formula is C11H19N3O2. The van der Waals surface area contributed by atoms with Crippen LogP contribution in [0.25, 0.3) is 0 Å². The van der Waals surface area contributed by atoms with Crippen LogP contribution in [0.15, 0.2) is 12.4 Å². The maximum Gasteiger partial charge on any atom is 0.220 e. The van der Waals surface area contributed by atoms with Crippen molar-refractivity contribution < 1.29 is 9.90 Å². The Morgan fingerprint density at radius 2 is 2.44 bits per heavy atom. The second-order valence-corrected chi connectivity index (χ2v) is 3.92. The number of nitrogens with one attached hydrogen (secondary N) is 1. The molecule has 0 spiro atoms. The van der Waals surface area contributed by atoms with Gasteiger partial charge in [-0.1, -0.05) is 0 Å². The minimum atomic E-state index is -0.164. The van der Waals surface area contributed by atoms with Crippen molar-refractivity contribution in [1.29, 1.82) is 0 Å². The Hall–Kier alpha value is -1.36. The van der Waals surface area contributed by atoms with Crippen LogP contribution in [0.1, 0.15) is 25.6 Å². The number of nitrogens with zero attached hydrogens (tertiary/aromatic N) is 2. The zero-order valence-electron chi connectivity index (χ0n) is 9.81. The third kappa shape index (κ3) is 4.02. The molecule has 0 saturated carbocycles. The summed E-state index contributed by atoms with van der Waals surface area (Å²) in [5.41, 5.74) is 0. The monoisotopic (exact) mass is 225 g/mol. The van der Waals surface area contributed by atoms with Crippen LogP contribution in [0, 0.1) is 6.92 Å². The third-order valence-electron chi connectivity index (χ3n) is 2.41. The zero-order chi connectivity index (χ0) is 12.0. The fraction of sp³-hybridized carbons (Fsp3) is 0.636. The lowest BCUT2D eigenvalue weighted by molar-refractivity contribution is -0.122. The van der Waals surface area contributed by atoms with E-state index in [1.54, 1.807) is 13.1 Å². The van der Waals surface area contributed by atoms with Crippen LogP contribution in [0.2, 0.25) is 0 Å². The summed E-state index contributed by atoms with van der Waals surface area (Å²) in [6.07, 6.45) is 4.91. The van der Waals surface area contributed by atoms with Gasteiger partial charge in [-0.05, 0) is 20.3 Å². The van der Waals surface area contributed by atoms with E-state index in [9.17, 15) is 4.79 Å². The molecule has 5 nitrogen and oxygen atoms in total. The number of carbonyl (C=O) groups is 1. The van der Waals surface area contributed by atoms with Crippen molar-refractivity contribution in [1.82, 2.24) is 14.9 Å². The molecule has 0 bridgehead atoms. The highest BCUT2D eigenvalue weighted by Crippen LogP contribution is 2.00. The smallest absolute Gasteiger partial charge is 0.220 e. The SMILES string of the molecule is Cc1nccn1CCCC(=O)NC(C)CO. The fourth-order valence-electron chi connectivity index (χ4n) is 1.44. The van der Waals surface area contributed by atoms with Gasteiger partial charge in [0, 0.05) is 31.4 Å². The maximum absolute atomic E-state index is 11.4. The first-order valence-electron chi connectivity index (χ1n) is 5.51. The largest absolute Gasteiger partial charge is 0.394 e. The Labute approximate surface area is 95.5 Å². The molecule has 1 unspecified atom stereocenters. The molecule has 2 N–H and O–H groups in total. The molecule has 90 valence electrons. The Balaban J connectivity index is 2.21. The summed E-state index contributed by atoms with van der Waals surface area (Å²) in [6, 6.07) is -0.164. The van der Waals surface area contributed by atoms with Gasteiger partial charge in [-0.3, -0.25) is 4.79 Å². The van der Waals surface area contributed by atoms with Gasteiger partial charge in [-0.2, -0.15) is 0 Å². The molecule has 1 aromatic heterocycles. The van der Waals surface area contributed by atoms with Crippen molar-refractivity contribution in [2.45, 2.75) is 39.3 Å². The highest BCUT2D eigenvalue weighted by atomic mass is 16.3. The van der Waals surface area contributed by atoms with Gasteiger partial charge in [-0.15, -0.1) is 0 Å². The summed E-state index contributed by atoms with van der Waals surface area (Å²) < 4.78 is 2.02. The quantitative estimate of drug-likeness (QED) is 0.739. The topological polar surface area (TPSA) is 67.2 Å². The lowest BCUT2D eigenvalue weighted by Crippen LogP contribution is -2.34. The molecule has 1 heterocycles. The molecular weight excluding hydrogens is 206 g/mol. The van der Waals surface area contributed by atoms with Crippen LogP contribution in [0.3, 0.4) is 0 Å². The number of aliphatic hydroxyl groups excluding tert-OH is 1. The number of amides is 1. The van der Waals surface area contributed by atoms with Gasteiger partial charge in [0.05, 0.1) is 6.61 Å². The van der Waals surface area contributed by atoms with E-state index >= 15 is 0 Å². The fourth-order valence-corrected chi connectivity index (χ4v) is 1.44. The zero-order valence-corrected chi connectivity index (χ0v) is 9.81. The molecule has 0 aliphatic heterocycles. The number of aromatic nitrogens is 2. The van der Waals surface area contributed by atoms with Crippen molar-refractivity contribution in [2.24, 2.45) is 0 Å². The van der Waals surface area contributed by atoms with Crippen molar-refractivity contribution in [3.05, 3.63) is 18.2 Å². The van der Waals surface area contributed by atoms with Crippen LogP contribution < -0.4 is 5.32 Å². The van der Waals surface area contributed by atoms with Gasteiger partial charge >= 0.3 is 0 Å². The molecule has 1 rings (SSSR count). The first-order chi connectivity index (χ1) is 7.63. The second kappa shape index (κ2) is 6.27. The Morgan fingerprint density at radius 1 is 1.69 bits per heavy atom. The number of hydrogen-bond acceptors (Lipinski definition) is 3. The number of rotatable bonds is 6. The number of carbonyl (C=O) groups excluding carboxylic acids is 1. The number of aryl methyl sites for hydroxylation is 2. The van der Waals surface area contributed by atoms with Crippen molar-refractivity contribution >= 4 is 5.91 Å². The lowest BCUT2D eigenvalue weighted by Gasteiger charge is -2.10. The van der Waals surface area contributed by atoms with Gasteiger partial charge in [-0.25, -0.2) is 4.98 Å². The third-order valence-corrected chi connectivity index (χ3v) is 2.41. The molecule has 1 amide bonds. The van der Waals surface area contributed by atoms with Crippen LogP contribution in [0.4, 0.5) is 0 Å². The first-order valence-corrected chi connectivity index (χ1v) is 5.51. The highest BCUT2D eigenvalue weighted by Gasteiger charge is 2.05. The van der Waals surface area contributed by atoms with Gasteiger partial charge in [0.1, 0.15) is 5.82 Å². The predicted molar refractivity (Wildman–Crippen MR) is 60.9 cm³/mol. The molecule has 0 aliphatic rings. The number of hydrogen-bond donors (Lipinski definition) is 2. The van der Waals surface area contributed by atoms with E-state index in [0.717, 1.165) is 18.8 Å². The van der Waals surface area contributed by atoms with E-state index in [1.165, 1.54) is 0 Å². The van der Waals surface area contributed by atoms with Gasteiger partial charge in [0.25, 0.3) is 0 Å².